The summed E-state index contributed by atoms with van der Waals surface area (Å²) in [4.78, 5) is 0. The van der Waals surface area contributed by atoms with Crippen LogP contribution in [0.3, 0.4) is 0 Å². The predicted octanol–water partition coefficient (Wildman–Crippen LogP) is 18.3. The Hall–Kier alpha value is 1.53. The first-order valence-corrected chi connectivity index (χ1v) is 33.0. The molecule has 0 aromatic heterocycles. The minimum atomic E-state index is -0.182. The fourth-order valence-electron chi connectivity index (χ4n) is 9.67. The highest BCUT2D eigenvalue weighted by molar-refractivity contribution is 7.45. The summed E-state index contributed by atoms with van der Waals surface area (Å²) in [5.74, 6) is 0.477. The largest absolute Gasteiger partial charge is 0.381 e. The topological polar surface area (TPSA) is 27.7 Å². The van der Waals surface area contributed by atoms with Crippen LogP contribution < -0.4 is 0 Å². The van der Waals surface area contributed by atoms with Crippen molar-refractivity contribution in [3.63, 3.8) is 0 Å². The van der Waals surface area contributed by atoms with E-state index in [4.69, 9.17) is 14.2 Å². The van der Waals surface area contributed by atoms with Gasteiger partial charge in [0, 0.05) is 11.3 Å². The van der Waals surface area contributed by atoms with Gasteiger partial charge in [-0.05, 0) is 111 Å². The Morgan fingerprint density at radius 1 is 0.387 bits per heavy atom. The fourth-order valence-corrected chi connectivity index (χ4v) is 15.5. The molecule has 7 atom stereocenters. The van der Waals surface area contributed by atoms with Crippen LogP contribution in [0.4, 0.5) is 4.39 Å². The lowest BCUT2D eigenvalue weighted by Crippen LogP contribution is -2.30. The van der Waals surface area contributed by atoms with Crippen molar-refractivity contribution < 1.29 is 18.6 Å². The molecule has 3 nitrogen and oxygen atoms in total. The SMILES string of the molecule is CCCCC(CCCC)(CCCC)COCC(CPCF)CPCC(COCC(CCCC)(CCCC)CCCC)PCC(COCC(CCCC)(CCCC)CCCC)PC. The van der Waals surface area contributed by atoms with Gasteiger partial charge in [0.15, 0.2) is 0 Å². The van der Waals surface area contributed by atoms with Crippen molar-refractivity contribution in [3.8, 4) is 0 Å². The Balaban J connectivity index is 6.05. The van der Waals surface area contributed by atoms with E-state index in [-0.39, 0.29) is 6.42 Å². The average molecular weight is 953 g/mol. The zero-order chi connectivity index (χ0) is 46.1. The van der Waals surface area contributed by atoms with E-state index >= 15 is 0 Å². The predicted molar refractivity (Wildman–Crippen MR) is 291 cm³/mol. The second-order valence-corrected chi connectivity index (χ2v) is 25.7. The lowest BCUT2D eigenvalue weighted by molar-refractivity contribution is 0.0123. The van der Waals surface area contributed by atoms with Gasteiger partial charge in [-0.2, -0.15) is 0 Å². The monoisotopic (exact) mass is 953 g/mol. The standard InChI is InChI=1S/C54H113FO3P4/c1-11-20-29-52(30-21-12-2,31-22-13-3)45-56-38-49(42-61-48-55)41-60-43-51(40-58-47-54(35-26-17-7,36-27-18-8)37-28-19-9)62-44-50(59-10)39-57-46-53(32-23-14-4,33-24-15-5)34-25-16-6/h49-51,59-62H,11-48H2,1-10H3. The van der Waals surface area contributed by atoms with Gasteiger partial charge in [-0.25, -0.2) is 4.39 Å². The van der Waals surface area contributed by atoms with Gasteiger partial charge in [0.25, 0.3) is 0 Å². The highest BCUT2D eigenvalue weighted by Gasteiger charge is 2.32. The van der Waals surface area contributed by atoms with Crippen LogP contribution in [-0.2, 0) is 14.2 Å². The Bertz CT molecular complexity index is 863. The van der Waals surface area contributed by atoms with Gasteiger partial charge in [0.1, 0.15) is 6.42 Å². The summed E-state index contributed by atoms with van der Waals surface area (Å²) in [6, 6.07) is 0. The van der Waals surface area contributed by atoms with E-state index in [1.807, 2.05) is 0 Å². The maximum atomic E-state index is 13.7. The van der Waals surface area contributed by atoms with Gasteiger partial charge >= 0.3 is 0 Å². The van der Waals surface area contributed by atoms with E-state index in [9.17, 15) is 4.39 Å². The van der Waals surface area contributed by atoms with Gasteiger partial charge in [-0.15, -0.1) is 25.7 Å². The van der Waals surface area contributed by atoms with Crippen LogP contribution in [0.15, 0.2) is 0 Å². The van der Waals surface area contributed by atoms with Crippen molar-refractivity contribution in [1.82, 2.24) is 0 Å². The van der Waals surface area contributed by atoms with Crippen molar-refractivity contribution in [2.75, 3.05) is 77.4 Å². The van der Waals surface area contributed by atoms with Crippen molar-refractivity contribution in [2.45, 2.75) is 247 Å². The maximum absolute atomic E-state index is 13.7. The molecule has 0 saturated heterocycles. The van der Waals surface area contributed by atoms with E-state index in [1.165, 1.54) is 192 Å². The zero-order valence-electron chi connectivity index (χ0n) is 43.7. The molecule has 0 rings (SSSR count). The third-order valence-electron chi connectivity index (χ3n) is 14.2. The third-order valence-corrected chi connectivity index (χ3v) is 20.6. The summed E-state index contributed by atoms with van der Waals surface area (Å²) in [5.41, 5.74) is 2.30. The Morgan fingerprint density at radius 2 is 0.694 bits per heavy atom. The summed E-state index contributed by atoms with van der Waals surface area (Å²) in [6.45, 7) is 29.0. The normalized spacial score (nSPS) is 15.0. The lowest BCUT2D eigenvalue weighted by atomic mass is 9.75. The van der Waals surface area contributed by atoms with Crippen molar-refractivity contribution >= 4 is 34.3 Å². The Labute approximate surface area is 397 Å². The van der Waals surface area contributed by atoms with Gasteiger partial charge < -0.3 is 14.2 Å². The van der Waals surface area contributed by atoms with Gasteiger partial charge in [-0.1, -0.05) is 186 Å². The van der Waals surface area contributed by atoms with Gasteiger partial charge in [0.2, 0.25) is 0 Å². The smallest absolute Gasteiger partial charge is 0.106 e. The van der Waals surface area contributed by atoms with Crippen LogP contribution >= 0.6 is 34.3 Å². The van der Waals surface area contributed by atoms with E-state index < -0.39 is 0 Å². The van der Waals surface area contributed by atoms with Crippen LogP contribution in [-0.4, -0.2) is 88.7 Å². The van der Waals surface area contributed by atoms with Crippen LogP contribution in [0.1, 0.15) is 236 Å². The van der Waals surface area contributed by atoms with E-state index in [1.54, 1.807) is 0 Å². The highest BCUT2D eigenvalue weighted by Crippen LogP contribution is 2.41. The molecule has 0 spiro atoms. The van der Waals surface area contributed by atoms with Crippen molar-refractivity contribution in [2.24, 2.45) is 22.2 Å². The molecule has 0 bridgehead atoms. The molecule has 8 heteroatoms. The average Bonchev–Trinajstić information content (AvgIpc) is 3.29. The Morgan fingerprint density at radius 3 is 1.00 bits per heavy atom. The molecule has 0 radical (unpaired) electrons. The number of rotatable bonds is 50. The molecule has 0 heterocycles. The van der Waals surface area contributed by atoms with Crippen molar-refractivity contribution in [3.05, 3.63) is 0 Å². The number of ether oxygens (including phenoxy) is 3. The summed E-state index contributed by atoms with van der Waals surface area (Å²) >= 11 is 0. The number of hydrogen-bond acceptors (Lipinski definition) is 3. The van der Waals surface area contributed by atoms with Crippen molar-refractivity contribution in [1.29, 1.82) is 0 Å². The van der Waals surface area contributed by atoms with Crippen LogP contribution in [0.25, 0.3) is 0 Å². The molecule has 0 aromatic rings. The molecule has 0 aliphatic heterocycles. The summed E-state index contributed by atoms with van der Waals surface area (Å²) < 4.78 is 34.3. The second kappa shape index (κ2) is 43.8. The fraction of sp³-hybridized carbons (Fsp3) is 1.00. The first kappa shape index (κ1) is 63.5. The molecule has 0 aromatic carbocycles. The number of alkyl halides is 1. The lowest BCUT2D eigenvalue weighted by Gasteiger charge is -2.35. The molecule has 62 heavy (non-hydrogen) atoms. The summed E-state index contributed by atoms with van der Waals surface area (Å²) in [5, 5.41) is 0. The minimum Gasteiger partial charge on any atom is -0.381 e. The quantitative estimate of drug-likeness (QED) is 0.0569. The first-order valence-electron chi connectivity index (χ1n) is 27.3. The minimum absolute atomic E-state index is 0.182. The molecule has 0 aliphatic carbocycles. The molecular weight excluding hydrogens is 839 g/mol. The maximum Gasteiger partial charge on any atom is 0.106 e. The third kappa shape index (κ3) is 31.6. The molecule has 0 fully saturated rings. The Kier molecular flexibility index (Phi) is 44.9. The number of unbranched alkanes of at least 4 members (excludes halogenated alkanes) is 9. The highest BCUT2D eigenvalue weighted by atomic mass is 31.1. The van der Waals surface area contributed by atoms with Crippen LogP contribution in [0.2, 0.25) is 0 Å². The number of halogens is 1. The first-order chi connectivity index (χ1) is 30.2. The molecule has 374 valence electrons. The summed E-state index contributed by atoms with van der Waals surface area (Å²) in [6.07, 6.45) is 39.6. The van der Waals surface area contributed by atoms with Gasteiger partial charge in [0.05, 0.1) is 39.6 Å². The number of hydrogen-bond donors (Lipinski definition) is 0. The van der Waals surface area contributed by atoms with Gasteiger partial charge in [-0.3, -0.25) is 0 Å². The summed E-state index contributed by atoms with van der Waals surface area (Å²) in [7, 11) is 3.14. The molecular formula is C54H113FO3P4. The van der Waals surface area contributed by atoms with E-state index in [0.29, 0.717) is 42.1 Å². The molecule has 0 aliphatic rings. The molecule has 0 N–H and O–H groups in total. The van der Waals surface area contributed by atoms with E-state index in [0.717, 1.165) is 71.5 Å². The zero-order valence-corrected chi connectivity index (χ0v) is 47.7. The second-order valence-electron chi connectivity index (χ2n) is 20.2. The molecule has 0 saturated carbocycles. The van der Waals surface area contributed by atoms with E-state index in [2.05, 4.69) is 69.0 Å². The molecule has 0 amide bonds. The molecule has 7 unspecified atom stereocenters. The van der Waals surface area contributed by atoms with Crippen LogP contribution in [0.5, 0.6) is 0 Å². The van der Waals surface area contributed by atoms with Crippen LogP contribution in [0, 0.1) is 22.2 Å².